The zero-order valence-electron chi connectivity index (χ0n) is 9.56. The molecule has 1 aliphatic rings. The monoisotopic (exact) mass is 224 g/mol. The lowest BCUT2D eigenvalue weighted by Crippen LogP contribution is -2.33. The van der Waals surface area contributed by atoms with Crippen LogP contribution in [0.15, 0.2) is 18.7 Å². The molecular weight excluding hydrogens is 206 g/mol. The molecule has 5 heteroatoms. The maximum atomic E-state index is 11.5. The summed E-state index contributed by atoms with van der Waals surface area (Å²) >= 11 is 0. The van der Waals surface area contributed by atoms with Gasteiger partial charge in [0.2, 0.25) is 6.33 Å². The Morgan fingerprint density at radius 1 is 1.69 bits per heavy atom. The third kappa shape index (κ3) is 2.82. The molecule has 0 bridgehead atoms. The van der Waals surface area contributed by atoms with Gasteiger partial charge in [-0.3, -0.25) is 4.79 Å². The molecule has 0 aliphatic carbocycles. The average molecular weight is 224 g/mol. The minimum Gasteiger partial charge on any atom is -0.460 e. The van der Waals surface area contributed by atoms with Crippen molar-refractivity contribution in [3.05, 3.63) is 18.7 Å². The fraction of sp³-hybridized carbons (Fsp3) is 0.636. The van der Waals surface area contributed by atoms with Gasteiger partial charge in [0.1, 0.15) is 31.6 Å². The molecule has 1 atom stereocenters. The van der Waals surface area contributed by atoms with Crippen molar-refractivity contribution in [1.82, 2.24) is 9.88 Å². The van der Waals surface area contributed by atoms with Gasteiger partial charge in [0, 0.05) is 0 Å². The summed E-state index contributed by atoms with van der Waals surface area (Å²) in [7, 11) is 1.96. The van der Waals surface area contributed by atoms with Crippen LogP contribution in [-0.2, 0) is 23.1 Å². The number of nitrogens with zero attached hydrogens (tertiary/aromatic N) is 2. The molecule has 5 nitrogen and oxygen atoms in total. The quantitative estimate of drug-likeness (QED) is 0.559. The van der Waals surface area contributed by atoms with E-state index in [-0.39, 0.29) is 12.0 Å². The highest BCUT2D eigenvalue weighted by Crippen LogP contribution is 2.06. The topological polar surface area (TPSA) is 47.1 Å². The third-order valence-corrected chi connectivity index (χ3v) is 2.76. The first-order chi connectivity index (χ1) is 7.75. The number of carbonyl (C=O) groups excluding carboxylic acids is 1. The largest absolute Gasteiger partial charge is 0.460 e. The number of aromatic nitrogens is 2. The lowest BCUT2D eigenvalue weighted by atomic mass is 10.2. The maximum Gasteiger partial charge on any atom is 0.323 e. The fourth-order valence-corrected chi connectivity index (χ4v) is 1.87. The van der Waals surface area contributed by atoms with Crippen LogP contribution in [0.25, 0.3) is 0 Å². The number of hydrogen-bond acceptors (Lipinski definition) is 3. The first-order valence-corrected chi connectivity index (χ1v) is 5.67. The van der Waals surface area contributed by atoms with Crippen LogP contribution in [0, 0.1) is 0 Å². The van der Waals surface area contributed by atoms with Crippen LogP contribution in [0.2, 0.25) is 0 Å². The molecule has 1 aromatic rings. The molecule has 0 aromatic carbocycles. The Morgan fingerprint density at radius 2 is 2.56 bits per heavy atom. The second-order valence-corrected chi connectivity index (χ2v) is 4.13. The molecule has 1 saturated heterocycles. The van der Waals surface area contributed by atoms with Gasteiger partial charge in [0.15, 0.2) is 0 Å². The smallest absolute Gasteiger partial charge is 0.323 e. The summed E-state index contributed by atoms with van der Waals surface area (Å²) < 4.78 is 9.16. The Hall–Kier alpha value is -1.36. The standard InChI is InChI=1S/C11H18N3O2/c1-13-5-6-14(9-13)7-8-16-11(15)10-3-2-4-12-10/h5-6,9-10,12H,2-4,7-8H2,1H3/q+1/t10-/m0/s1. The molecule has 1 fully saturated rings. The summed E-state index contributed by atoms with van der Waals surface area (Å²) in [5.74, 6) is -0.117. The maximum absolute atomic E-state index is 11.5. The summed E-state index contributed by atoms with van der Waals surface area (Å²) in [6.45, 7) is 2.07. The van der Waals surface area contributed by atoms with Crippen LogP contribution in [0.5, 0.6) is 0 Å². The van der Waals surface area contributed by atoms with Crippen molar-refractivity contribution in [2.24, 2.45) is 7.05 Å². The lowest BCUT2D eigenvalue weighted by Gasteiger charge is -2.08. The van der Waals surface area contributed by atoms with Crippen LogP contribution in [0.1, 0.15) is 12.8 Å². The Labute approximate surface area is 95.0 Å². The van der Waals surface area contributed by atoms with E-state index < -0.39 is 0 Å². The van der Waals surface area contributed by atoms with E-state index >= 15 is 0 Å². The number of hydrogen-bond donors (Lipinski definition) is 1. The van der Waals surface area contributed by atoms with Gasteiger partial charge in [0.05, 0.1) is 7.05 Å². The molecular formula is C11H18N3O2+. The highest BCUT2D eigenvalue weighted by atomic mass is 16.5. The van der Waals surface area contributed by atoms with Crippen LogP contribution >= 0.6 is 0 Å². The SMILES string of the molecule is C[n+]1ccn(CCOC(=O)[C@@H]2CCCN2)c1. The van der Waals surface area contributed by atoms with E-state index in [2.05, 4.69) is 5.32 Å². The first-order valence-electron chi connectivity index (χ1n) is 5.67. The normalized spacial score (nSPS) is 19.9. The second kappa shape index (κ2) is 5.12. The van der Waals surface area contributed by atoms with E-state index in [1.807, 2.05) is 34.9 Å². The van der Waals surface area contributed by atoms with E-state index in [0.29, 0.717) is 13.2 Å². The molecule has 0 saturated carbocycles. The number of ether oxygens (including phenoxy) is 1. The minimum absolute atomic E-state index is 0.0826. The summed E-state index contributed by atoms with van der Waals surface area (Å²) in [6.07, 6.45) is 7.84. The highest BCUT2D eigenvalue weighted by molar-refractivity contribution is 5.76. The summed E-state index contributed by atoms with van der Waals surface area (Å²) in [5, 5.41) is 3.12. The van der Waals surface area contributed by atoms with Crippen LogP contribution in [0.3, 0.4) is 0 Å². The number of carbonyl (C=O) groups is 1. The molecule has 1 aliphatic heterocycles. The van der Waals surface area contributed by atoms with Crippen molar-refractivity contribution in [1.29, 1.82) is 0 Å². The summed E-state index contributed by atoms with van der Waals surface area (Å²) in [4.78, 5) is 11.5. The average Bonchev–Trinajstić information content (AvgIpc) is 2.89. The molecule has 0 spiro atoms. The van der Waals surface area contributed by atoms with E-state index in [0.717, 1.165) is 19.4 Å². The number of nitrogens with one attached hydrogen (secondary N) is 1. The molecule has 2 heterocycles. The van der Waals surface area contributed by atoms with Crippen LogP contribution in [-0.4, -0.2) is 29.7 Å². The van der Waals surface area contributed by atoms with E-state index in [4.69, 9.17) is 4.74 Å². The van der Waals surface area contributed by atoms with E-state index in [9.17, 15) is 4.79 Å². The van der Waals surface area contributed by atoms with Crippen molar-refractivity contribution in [3.63, 3.8) is 0 Å². The van der Waals surface area contributed by atoms with E-state index in [1.165, 1.54) is 0 Å². The van der Waals surface area contributed by atoms with Crippen molar-refractivity contribution < 1.29 is 14.1 Å². The van der Waals surface area contributed by atoms with E-state index in [1.54, 1.807) is 0 Å². The zero-order chi connectivity index (χ0) is 11.4. The Bertz CT molecular complexity index is 356. The number of esters is 1. The summed E-state index contributed by atoms with van der Waals surface area (Å²) in [5.41, 5.74) is 0. The van der Waals surface area contributed by atoms with Crippen molar-refractivity contribution in [3.8, 4) is 0 Å². The predicted molar refractivity (Wildman–Crippen MR) is 57.6 cm³/mol. The molecule has 0 amide bonds. The lowest BCUT2D eigenvalue weighted by molar-refractivity contribution is -0.671. The highest BCUT2D eigenvalue weighted by Gasteiger charge is 2.23. The Morgan fingerprint density at radius 3 is 3.19 bits per heavy atom. The van der Waals surface area contributed by atoms with Crippen LogP contribution in [0.4, 0.5) is 0 Å². The van der Waals surface area contributed by atoms with Gasteiger partial charge in [-0.15, -0.1) is 0 Å². The van der Waals surface area contributed by atoms with Crippen molar-refractivity contribution in [2.75, 3.05) is 13.2 Å². The Balaban J connectivity index is 1.69. The van der Waals surface area contributed by atoms with Crippen molar-refractivity contribution in [2.45, 2.75) is 25.4 Å². The van der Waals surface area contributed by atoms with Gasteiger partial charge in [0.25, 0.3) is 0 Å². The minimum atomic E-state index is -0.117. The number of rotatable bonds is 4. The van der Waals surface area contributed by atoms with Gasteiger partial charge in [-0.1, -0.05) is 0 Å². The molecule has 2 rings (SSSR count). The number of imidazole rings is 1. The van der Waals surface area contributed by atoms with Gasteiger partial charge in [-0.25, -0.2) is 9.13 Å². The third-order valence-electron chi connectivity index (χ3n) is 2.76. The Kier molecular flexibility index (Phi) is 3.56. The molecule has 16 heavy (non-hydrogen) atoms. The molecule has 1 aromatic heterocycles. The molecule has 88 valence electrons. The zero-order valence-corrected chi connectivity index (χ0v) is 9.56. The van der Waals surface area contributed by atoms with Gasteiger partial charge >= 0.3 is 5.97 Å². The predicted octanol–water partition coefficient (Wildman–Crippen LogP) is -0.392. The fourth-order valence-electron chi connectivity index (χ4n) is 1.87. The summed E-state index contributed by atoms with van der Waals surface area (Å²) in [6, 6.07) is -0.0826. The van der Waals surface area contributed by atoms with Gasteiger partial charge in [-0.05, 0) is 19.4 Å². The van der Waals surface area contributed by atoms with Crippen LogP contribution < -0.4 is 9.88 Å². The molecule has 0 radical (unpaired) electrons. The molecule has 1 N–H and O–H groups in total. The van der Waals surface area contributed by atoms with Gasteiger partial charge < -0.3 is 10.1 Å². The van der Waals surface area contributed by atoms with Gasteiger partial charge in [-0.2, -0.15) is 0 Å². The van der Waals surface area contributed by atoms with Crippen molar-refractivity contribution >= 4 is 5.97 Å². The first kappa shape index (κ1) is 11.1. The second-order valence-electron chi connectivity index (χ2n) is 4.13. The number of aryl methyl sites for hydroxylation is 1. The molecule has 0 unspecified atom stereocenters.